The Kier molecular flexibility index (Phi) is 33.6. The molecule has 22 heteroatoms. The zero-order valence-electron chi connectivity index (χ0n) is 60.5. The normalized spacial score (nSPS) is 10.4. The van der Waals surface area contributed by atoms with Crippen molar-refractivity contribution >= 4 is 86.8 Å². The number of aryl methyl sites for hydroxylation is 1. The second-order valence-corrected chi connectivity index (χ2v) is 26.3. The molecule has 0 bridgehead atoms. The fraction of sp³-hybridized carbons (Fsp3) is 0.217. The van der Waals surface area contributed by atoms with E-state index in [0.717, 1.165) is 70.9 Å². The van der Waals surface area contributed by atoms with Gasteiger partial charge in [0.2, 0.25) is 23.6 Å². The van der Waals surface area contributed by atoms with Gasteiger partial charge < -0.3 is 38.5 Å². The first-order chi connectivity index (χ1) is 50.5. The summed E-state index contributed by atoms with van der Waals surface area (Å²) < 4.78 is 40.6. The van der Waals surface area contributed by atoms with Crippen LogP contribution in [0, 0.1) is 6.92 Å². The molecule has 0 saturated carbocycles. The average molecular weight is 1550 g/mol. The van der Waals surface area contributed by atoms with E-state index in [1.807, 2.05) is 176 Å². The van der Waals surface area contributed by atoms with Crippen molar-refractivity contribution in [2.75, 3.05) is 30.9 Å². The van der Waals surface area contributed by atoms with Crippen LogP contribution in [-0.4, -0.2) is 86.1 Å². The molecule has 0 radical (unpaired) electrons. The molecule has 1 amide bonds. The van der Waals surface area contributed by atoms with E-state index >= 15 is 0 Å². The molecule has 0 saturated heterocycles. The molecule has 1 N–H and O–H groups in total. The lowest BCUT2D eigenvalue weighted by atomic mass is 9.91. The fourth-order valence-electron chi connectivity index (χ4n) is 8.88. The molecule has 0 aliphatic rings. The molecule has 0 aliphatic heterocycles. The molecular weight excluding hydrogens is 1460 g/mol. The Morgan fingerprint density at radius 2 is 1.06 bits per heavy atom. The molecule has 5 heterocycles. The molecule has 5 aromatic heterocycles. The van der Waals surface area contributed by atoms with Crippen LogP contribution in [0.4, 0.5) is 16.6 Å². The number of hydrogen-bond acceptors (Lipinski definition) is 19. The first-order valence-corrected chi connectivity index (χ1v) is 34.7. The van der Waals surface area contributed by atoms with Crippen molar-refractivity contribution in [1.29, 1.82) is 0 Å². The first-order valence-electron chi connectivity index (χ1n) is 33.1. The molecule has 0 atom stereocenters. The Labute approximate surface area is 631 Å². The standard InChI is InChI=1S/C22H28N4O4.C18H20BrNO.C16H15NO.C14H14N2O3.C13H10BrNO2/c1-6-7-13-23-18-17(14-27)19(29-15-16-11-9-8-10-12-16)25-20(24-18)26(5)21(28)30-22(2,3)4;1-5-14-11-15(18(2,3)4)20-17(19)16(14)21-12-13-9-7-6-8-10-13;1-3-13-7-9-14(10-8-13)12-18-16-6-5-11-17-15(16)4-2;1-10-15-13(18-2)12(8-17)14(16-10)19-9-11-6-4-3-5-7-11;14-11-6-13(12(8-16)15-7-11)17-9-10-4-2-1-3-5-10/h6,8-12,14H,1,7,13,15H2,2-5H3,(H,23,24,25);5-11H,1,12H2,2-4H3;3-11H,1-2,12H2;3-8H,9H2,1-2H3;1-8H,9H2. The lowest BCUT2D eigenvalue weighted by Gasteiger charge is -2.24. The average Bonchev–Trinajstić information content (AvgIpc) is 0.807. The van der Waals surface area contributed by atoms with Crippen LogP contribution >= 0.6 is 31.9 Å². The number of halogens is 2. The van der Waals surface area contributed by atoms with Crippen molar-refractivity contribution in [3.63, 3.8) is 0 Å². The second kappa shape index (κ2) is 42.8. The van der Waals surface area contributed by atoms with Gasteiger partial charge in [-0.05, 0) is 130 Å². The van der Waals surface area contributed by atoms with Gasteiger partial charge in [-0.2, -0.15) is 19.9 Å². The predicted octanol–water partition coefficient (Wildman–Crippen LogP) is 19.0. The van der Waals surface area contributed by atoms with Crippen LogP contribution in [0.3, 0.4) is 0 Å². The number of amides is 1. The molecule has 10 rings (SSSR count). The smallest absolute Gasteiger partial charge is 0.416 e. The number of nitrogens with one attached hydrogen (secondary N) is 1. The third kappa shape index (κ3) is 27.7. The van der Waals surface area contributed by atoms with E-state index in [2.05, 4.69) is 119 Å². The zero-order valence-corrected chi connectivity index (χ0v) is 63.6. The molecule has 10 aromatic rings. The van der Waals surface area contributed by atoms with E-state index in [4.69, 9.17) is 33.2 Å². The van der Waals surface area contributed by atoms with E-state index in [1.54, 1.807) is 58.3 Å². The molecule has 0 spiro atoms. The van der Waals surface area contributed by atoms with Crippen LogP contribution in [0.2, 0.25) is 0 Å². The maximum Gasteiger partial charge on any atom is 0.416 e. The first kappa shape index (κ1) is 82.5. The Bertz CT molecular complexity index is 4450. The Balaban J connectivity index is 0.000000209. The van der Waals surface area contributed by atoms with Crippen molar-refractivity contribution in [3.8, 4) is 34.9 Å². The number of aromatic nitrogens is 7. The maximum absolute atomic E-state index is 12.5. The quantitative estimate of drug-likeness (QED) is 0.0218. The number of aldehydes is 3. The van der Waals surface area contributed by atoms with Gasteiger partial charge >= 0.3 is 6.09 Å². The van der Waals surface area contributed by atoms with Crippen LogP contribution in [0.25, 0.3) is 18.2 Å². The van der Waals surface area contributed by atoms with Gasteiger partial charge in [-0.25, -0.2) is 19.7 Å². The summed E-state index contributed by atoms with van der Waals surface area (Å²) in [7, 11) is 2.95. The van der Waals surface area contributed by atoms with Crippen LogP contribution in [0.15, 0.2) is 224 Å². The highest BCUT2D eigenvalue weighted by Gasteiger charge is 2.26. The minimum Gasteiger partial charge on any atom is -0.487 e. The van der Waals surface area contributed by atoms with Gasteiger partial charge in [0.1, 0.15) is 88.9 Å². The van der Waals surface area contributed by atoms with E-state index in [0.29, 0.717) is 75.5 Å². The van der Waals surface area contributed by atoms with Gasteiger partial charge in [-0.1, -0.05) is 204 Å². The molecule has 544 valence electrons. The third-order valence-corrected chi connectivity index (χ3v) is 15.3. The summed E-state index contributed by atoms with van der Waals surface area (Å²) in [6, 6.07) is 54.6. The van der Waals surface area contributed by atoms with Crippen molar-refractivity contribution in [1.82, 2.24) is 34.9 Å². The number of nitrogens with zero attached hydrogens (tertiary/aromatic N) is 8. The van der Waals surface area contributed by atoms with E-state index in [-0.39, 0.29) is 52.6 Å². The molecule has 105 heavy (non-hydrogen) atoms. The summed E-state index contributed by atoms with van der Waals surface area (Å²) >= 11 is 6.81. The Hall–Kier alpha value is -11.5. The summed E-state index contributed by atoms with van der Waals surface area (Å²) in [6.45, 7) is 30.9. The lowest BCUT2D eigenvalue weighted by molar-refractivity contribution is 0.0586. The number of benzene rings is 5. The molecular formula is C83H87Br2N9O11. The van der Waals surface area contributed by atoms with Crippen LogP contribution < -0.4 is 38.6 Å². The highest BCUT2D eigenvalue weighted by Crippen LogP contribution is 2.34. The maximum atomic E-state index is 12.5. The summed E-state index contributed by atoms with van der Waals surface area (Å²) in [5, 5.41) is 3.07. The Morgan fingerprint density at radius 3 is 1.54 bits per heavy atom. The number of methoxy groups -OCH3 is 1. The van der Waals surface area contributed by atoms with E-state index in [9.17, 15) is 19.2 Å². The Morgan fingerprint density at radius 1 is 0.543 bits per heavy atom. The number of ether oxygens (including phenoxy) is 7. The third-order valence-electron chi connectivity index (χ3n) is 14.3. The number of rotatable bonds is 27. The summed E-state index contributed by atoms with van der Waals surface area (Å²) in [5.74, 6) is 3.34. The van der Waals surface area contributed by atoms with Crippen LogP contribution in [0.1, 0.15) is 135 Å². The van der Waals surface area contributed by atoms with Crippen LogP contribution in [0.5, 0.6) is 34.9 Å². The molecule has 0 unspecified atom stereocenters. The van der Waals surface area contributed by atoms with Gasteiger partial charge in [-0.3, -0.25) is 19.4 Å². The van der Waals surface area contributed by atoms with Gasteiger partial charge in [0, 0.05) is 47.1 Å². The molecule has 20 nitrogen and oxygen atoms in total. The van der Waals surface area contributed by atoms with Crippen molar-refractivity contribution in [3.05, 3.63) is 297 Å². The molecule has 0 aliphatic carbocycles. The number of pyridine rings is 3. The molecule has 5 aromatic carbocycles. The number of hydrogen-bond donors (Lipinski definition) is 1. The summed E-state index contributed by atoms with van der Waals surface area (Å²) in [6.07, 6.45) is 12.4. The zero-order chi connectivity index (χ0) is 76.2. The number of anilines is 2. The summed E-state index contributed by atoms with van der Waals surface area (Å²) in [4.78, 5) is 76.8. The predicted molar refractivity (Wildman–Crippen MR) is 420 cm³/mol. The lowest BCUT2D eigenvalue weighted by Crippen LogP contribution is -2.35. The minimum atomic E-state index is -0.675. The van der Waals surface area contributed by atoms with Crippen molar-refractivity contribution in [2.24, 2.45) is 0 Å². The summed E-state index contributed by atoms with van der Waals surface area (Å²) in [5.41, 5.74) is 9.05. The van der Waals surface area contributed by atoms with Gasteiger partial charge in [0.05, 0.1) is 7.11 Å². The van der Waals surface area contributed by atoms with Gasteiger partial charge in [0.25, 0.3) is 0 Å². The highest BCUT2D eigenvalue weighted by atomic mass is 79.9. The van der Waals surface area contributed by atoms with E-state index in [1.165, 1.54) is 19.1 Å². The fourth-order valence-corrected chi connectivity index (χ4v) is 9.73. The topological polar surface area (TPSA) is 238 Å². The monoisotopic (exact) mass is 1540 g/mol. The molecule has 0 fully saturated rings. The van der Waals surface area contributed by atoms with Gasteiger partial charge in [-0.15, -0.1) is 6.58 Å². The largest absolute Gasteiger partial charge is 0.487 e. The second-order valence-electron chi connectivity index (χ2n) is 24.6. The minimum absolute atomic E-state index is 0.0156. The van der Waals surface area contributed by atoms with Gasteiger partial charge in [0.15, 0.2) is 24.6 Å². The SMILES string of the molecule is C=CCCNc1nc(N(C)C(=O)OC(C)(C)C)nc(OCc2ccccc2)c1C=O.C=Cc1cc(C(C)(C)C)nc(Br)c1OCc1ccccc1.C=Cc1ccc(COc2cccnc2C=C)cc1.COc1nc(C)nc(OCc2ccccc2)c1C=O.O=Cc1ncc(Br)cc1OCc1ccccc1. The number of carbonyl (C=O) groups is 4. The van der Waals surface area contributed by atoms with E-state index < -0.39 is 11.7 Å². The van der Waals surface area contributed by atoms with Crippen molar-refractivity contribution in [2.45, 2.75) is 98.9 Å². The highest BCUT2D eigenvalue weighted by molar-refractivity contribution is 9.10. The van der Waals surface area contributed by atoms with Crippen LogP contribution in [-0.2, 0) is 43.2 Å². The number of carbonyl (C=O) groups excluding carboxylic acids is 4. The van der Waals surface area contributed by atoms with Crippen molar-refractivity contribution < 1.29 is 52.3 Å².